The summed E-state index contributed by atoms with van der Waals surface area (Å²) in [5.41, 5.74) is 2.46. The van der Waals surface area contributed by atoms with Crippen LogP contribution in [0.4, 0.5) is 4.39 Å². The third kappa shape index (κ3) is 3.41. The van der Waals surface area contributed by atoms with Crippen LogP contribution in [0.15, 0.2) is 42.6 Å². The van der Waals surface area contributed by atoms with Crippen LogP contribution < -0.4 is 0 Å². The third-order valence-electron chi connectivity index (χ3n) is 4.42. The van der Waals surface area contributed by atoms with Gasteiger partial charge < -0.3 is 4.90 Å². The number of rotatable bonds is 3. The molecule has 1 aliphatic heterocycles. The van der Waals surface area contributed by atoms with E-state index in [1.807, 2.05) is 24.0 Å². The molecule has 1 aromatic carbocycles. The maximum Gasteiger partial charge on any atom is 0.254 e. The van der Waals surface area contributed by atoms with Crippen molar-refractivity contribution < 1.29 is 9.18 Å². The molecule has 4 heteroatoms. The van der Waals surface area contributed by atoms with Gasteiger partial charge in [-0.15, -0.1) is 0 Å². The topological polar surface area (TPSA) is 33.2 Å². The van der Waals surface area contributed by atoms with Crippen LogP contribution in [-0.4, -0.2) is 22.3 Å². The Morgan fingerprint density at radius 3 is 2.96 bits per heavy atom. The lowest BCUT2D eigenvalue weighted by molar-refractivity contribution is 0.0611. The van der Waals surface area contributed by atoms with Crippen molar-refractivity contribution in [2.24, 2.45) is 0 Å². The van der Waals surface area contributed by atoms with Crippen LogP contribution in [0.5, 0.6) is 0 Å². The molecule has 2 aromatic rings. The van der Waals surface area contributed by atoms with Crippen LogP contribution in [0.2, 0.25) is 0 Å². The maximum atomic E-state index is 13.6. The number of aromatic nitrogens is 1. The zero-order chi connectivity index (χ0) is 16.2. The Labute approximate surface area is 136 Å². The largest absolute Gasteiger partial charge is 0.332 e. The fourth-order valence-electron chi connectivity index (χ4n) is 3.21. The number of carbonyl (C=O) groups is 1. The van der Waals surface area contributed by atoms with Crippen LogP contribution in [0, 0.1) is 5.82 Å². The maximum absolute atomic E-state index is 13.6. The van der Waals surface area contributed by atoms with Gasteiger partial charge in [-0.2, -0.15) is 0 Å². The van der Waals surface area contributed by atoms with Crippen molar-refractivity contribution in [2.75, 3.05) is 6.54 Å². The van der Waals surface area contributed by atoms with E-state index in [0.29, 0.717) is 12.1 Å². The number of nitrogens with zero attached hydrogens (tertiary/aromatic N) is 2. The highest BCUT2D eigenvalue weighted by Crippen LogP contribution is 2.32. The zero-order valence-electron chi connectivity index (χ0n) is 13.3. The minimum atomic E-state index is -0.252. The molecule has 0 aliphatic carbocycles. The summed E-state index contributed by atoms with van der Waals surface area (Å²) in [5.74, 6) is -0.242. The molecule has 3 nitrogen and oxygen atoms in total. The van der Waals surface area contributed by atoms with Gasteiger partial charge in [0.05, 0.1) is 6.04 Å². The Hall–Kier alpha value is -2.23. The lowest BCUT2D eigenvalue weighted by Gasteiger charge is -2.36. The number of benzene rings is 1. The molecule has 0 bridgehead atoms. The number of piperidine rings is 1. The van der Waals surface area contributed by atoms with Crippen molar-refractivity contribution in [3.05, 3.63) is 65.2 Å². The van der Waals surface area contributed by atoms with Gasteiger partial charge in [0, 0.05) is 24.0 Å². The second-order valence-corrected chi connectivity index (χ2v) is 5.95. The number of aryl methyl sites for hydroxylation is 1. The summed E-state index contributed by atoms with van der Waals surface area (Å²) < 4.78 is 13.6. The lowest BCUT2D eigenvalue weighted by Crippen LogP contribution is -2.38. The van der Waals surface area contributed by atoms with Gasteiger partial charge in [-0.3, -0.25) is 9.78 Å². The predicted octanol–water partition coefficient (Wildman–Crippen LogP) is 4.15. The lowest BCUT2D eigenvalue weighted by atomic mass is 9.94. The van der Waals surface area contributed by atoms with E-state index in [0.717, 1.165) is 36.9 Å². The average molecular weight is 312 g/mol. The summed E-state index contributed by atoms with van der Waals surface area (Å²) in [4.78, 5) is 19.1. The molecule has 1 saturated heterocycles. The van der Waals surface area contributed by atoms with Crippen molar-refractivity contribution in [3.8, 4) is 0 Å². The highest BCUT2D eigenvalue weighted by Gasteiger charge is 2.29. The molecule has 0 N–H and O–H groups in total. The fraction of sp³-hybridized carbons (Fsp3) is 0.368. The van der Waals surface area contributed by atoms with Gasteiger partial charge in [0.25, 0.3) is 5.91 Å². The molecule has 1 amide bonds. The second kappa shape index (κ2) is 6.90. The highest BCUT2D eigenvalue weighted by atomic mass is 19.1. The number of halogens is 1. The standard InChI is InChI=1S/C19H21FN2O/c1-2-17-13-15(9-10-21-17)19(23)22-11-4-3-8-18(22)14-6-5-7-16(20)12-14/h5-7,9-10,12-13,18H,2-4,8,11H2,1H3/t18-/m1/s1. The SMILES string of the molecule is CCc1cc(C(=O)N2CCCC[C@@H]2c2cccc(F)c2)ccn1. The first kappa shape index (κ1) is 15.7. The van der Waals surface area contributed by atoms with Crippen LogP contribution in [0.3, 0.4) is 0 Å². The van der Waals surface area contributed by atoms with Crippen LogP contribution in [-0.2, 0) is 6.42 Å². The summed E-state index contributed by atoms with van der Waals surface area (Å²) in [6.07, 6.45) is 5.41. The van der Waals surface area contributed by atoms with Gasteiger partial charge >= 0.3 is 0 Å². The summed E-state index contributed by atoms with van der Waals surface area (Å²) >= 11 is 0. The number of carbonyl (C=O) groups excluding carboxylic acids is 1. The number of pyridine rings is 1. The highest BCUT2D eigenvalue weighted by molar-refractivity contribution is 5.94. The predicted molar refractivity (Wildman–Crippen MR) is 87.6 cm³/mol. The number of hydrogen-bond donors (Lipinski definition) is 0. The summed E-state index contributed by atoms with van der Waals surface area (Å²) in [7, 11) is 0. The van der Waals surface area contributed by atoms with E-state index in [1.165, 1.54) is 6.07 Å². The first-order chi connectivity index (χ1) is 11.2. The molecule has 0 spiro atoms. The number of likely N-dealkylation sites (tertiary alicyclic amines) is 1. The minimum absolute atomic E-state index is 0.0102. The van der Waals surface area contributed by atoms with Gasteiger partial charge in [-0.05, 0) is 55.5 Å². The van der Waals surface area contributed by atoms with E-state index in [2.05, 4.69) is 4.98 Å². The van der Waals surface area contributed by atoms with E-state index in [9.17, 15) is 9.18 Å². The molecule has 1 aliphatic rings. The van der Waals surface area contributed by atoms with E-state index in [1.54, 1.807) is 24.4 Å². The monoisotopic (exact) mass is 312 g/mol. The van der Waals surface area contributed by atoms with Crippen LogP contribution in [0.1, 0.15) is 53.8 Å². The molecular weight excluding hydrogens is 291 g/mol. The van der Waals surface area contributed by atoms with E-state index in [-0.39, 0.29) is 17.8 Å². The van der Waals surface area contributed by atoms with E-state index < -0.39 is 0 Å². The Morgan fingerprint density at radius 2 is 2.17 bits per heavy atom. The van der Waals surface area contributed by atoms with E-state index >= 15 is 0 Å². The molecule has 0 radical (unpaired) electrons. The Balaban J connectivity index is 1.90. The fourth-order valence-corrected chi connectivity index (χ4v) is 3.21. The third-order valence-corrected chi connectivity index (χ3v) is 4.42. The van der Waals surface area contributed by atoms with Gasteiger partial charge in [-0.25, -0.2) is 4.39 Å². The molecule has 120 valence electrons. The second-order valence-electron chi connectivity index (χ2n) is 5.95. The molecule has 0 saturated carbocycles. The van der Waals surface area contributed by atoms with Crippen LogP contribution >= 0.6 is 0 Å². The molecule has 0 unspecified atom stereocenters. The van der Waals surface area contributed by atoms with Gasteiger partial charge in [0.2, 0.25) is 0 Å². The summed E-state index contributed by atoms with van der Waals surface area (Å²) in [6.45, 7) is 2.73. The molecule has 1 atom stereocenters. The number of amides is 1. The van der Waals surface area contributed by atoms with Gasteiger partial charge in [-0.1, -0.05) is 19.1 Å². The molecule has 23 heavy (non-hydrogen) atoms. The first-order valence-electron chi connectivity index (χ1n) is 8.20. The summed E-state index contributed by atoms with van der Waals surface area (Å²) in [5, 5.41) is 0. The number of hydrogen-bond acceptors (Lipinski definition) is 2. The van der Waals surface area contributed by atoms with Crippen molar-refractivity contribution in [2.45, 2.75) is 38.6 Å². The zero-order valence-corrected chi connectivity index (χ0v) is 13.3. The molecule has 3 rings (SSSR count). The quantitative estimate of drug-likeness (QED) is 0.853. The first-order valence-corrected chi connectivity index (χ1v) is 8.20. The van der Waals surface area contributed by atoms with Crippen molar-refractivity contribution >= 4 is 5.91 Å². The summed E-state index contributed by atoms with van der Waals surface area (Å²) in [6, 6.07) is 10.2. The van der Waals surface area contributed by atoms with Crippen LogP contribution in [0.25, 0.3) is 0 Å². The average Bonchev–Trinajstić information content (AvgIpc) is 2.61. The molecule has 1 aromatic heterocycles. The Kier molecular flexibility index (Phi) is 4.70. The molecule has 1 fully saturated rings. The normalized spacial score (nSPS) is 18.0. The smallest absolute Gasteiger partial charge is 0.254 e. The van der Waals surface area contributed by atoms with Crippen molar-refractivity contribution in [1.29, 1.82) is 0 Å². The Morgan fingerprint density at radius 1 is 1.30 bits per heavy atom. The van der Waals surface area contributed by atoms with Gasteiger partial charge in [0.1, 0.15) is 5.82 Å². The van der Waals surface area contributed by atoms with Crippen molar-refractivity contribution in [1.82, 2.24) is 9.88 Å². The molecular formula is C19H21FN2O. The Bertz CT molecular complexity index is 701. The van der Waals surface area contributed by atoms with Crippen molar-refractivity contribution in [3.63, 3.8) is 0 Å². The van der Waals surface area contributed by atoms with Gasteiger partial charge in [0.15, 0.2) is 0 Å². The van der Waals surface area contributed by atoms with E-state index in [4.69, 9.17) is 0 Å². The molecule has 2 heterocycles. The minimum Gasteiger partial charge on any atom is -0.332 e.